The number of nitrogens with zero attached hydrogens (tertiary/aromatic N) is 4. The quantitative estimate of drug-likeness (QED) is 0.797. The molecule has 1 aliphatic rings. The van der Waals surface area contributed by atoms with E-state index in [-0.39, 0.29) is 6.61 Å². The largest absolute Gasteiger partial charge is 0.395 e. The van der Waals surface area contributed by atoms with Crippen LogP contribution in [0.15, 0.2) is 22.9 Å². The van der Waals surface area contributed by atoms with Crippen molar-refractivity contribution in [2.24, 2.45) is 0 Å². The van der Waals surface area contributed by atoms with Crippen molar-refractivity contribution in [2.45, 2.75) is 51.0 Å². The molecule has 0 aliphatic heterocycles. The number of pyridine rings is 1. The standard InChI is InChI=1S/C18H27N5O2/c1-3-16-21-18(25-22-16)13-4-6-14(7-5-13)20-17-9-8-15(12-19-17)23(2)10-11-24/h8-9,12-14,24H,3-7,10-11H2,1-2H3,(H,19,20). The number of likely N-dealkylation sites (N-methyl/N-ethyl adjacent to an activating group) is 1. The third kappa shape index (κ3) is 4.48. The van der Waals surface area contributed by atoms with Gasteiger partial charge in [-0.1, -0.05) is 12.1 Å². The number of hydrogen-bond acceptors (Lipinski definition) is 7. The molecule has 2 aromatic heterocycles. The first-order valence-corrected chi connectivity index (χ1v) is 9.06. The van der Waals surface area contributed by atoms with Gasteiger partial charge in [-0.05, 0) is 37.8 Å². The van der Waals surface area contributed by atoms with Crippen LogP contribution in [-0.2, 0) is 6.42 Å². The van der Waals surface area contributed by atoms with Gasteiger partial charge in [-0.25, -0.2) is 4.98 Å². The molecule has 0 spiro atoms. The maximum atomic E-state index is 9.00. The number of anilines is 2. The van der Waals surface area contributed by atoms with E-state index in [0.29, 0.717) is 18.5 Å². The van der Waals surface area contributed by atoms with Gasteiger partial charge in [0.1, 0.15) is 5.82 Å². The summed E-state index contributed by atoms with van der Waals surface area (Å²) in [6, 6.07) is 4.46. The SMILES string of the molecule is CCc1noc(C2CCC(Nc3ccc(N(C)CCO)cn3)CC2)n1. The molecule has 1 aliphatic carbocycles. The van der Waals surface area contributed by atoms with Crippen molar-refractivity contribution in [3.63, 3.8) is 0 Å². The third-order valence-corrected chi connectivity index (χ3v) is 4.85. The van der Waals surface area contributed by atoms with Gasteiger partial charge in [-0.15, -0.1) is 0 Å². The van der Waals surface area contributed by atoms with Gasteiger partial charge < -0.3 is 19.8 Å². The summed E-state index contributed by atoms with van der Waals surface area (Å²) in [5, 5.41) is 16.5. The van der Waals surface area contributed by atoms with Crippen LogP contribution in [-0.4, -0.2) is 46.5 Å². The smallest absolute Gasteiger partial charge is 0.229 e. The molecule has 7 nitrogen and oxygen atoms in total. The minimum atomic E-state index is 0.138. The number of aliphatic hydroxyl groups excluding tert-OH is 1. The summed E-state index contributed by atoms with van der Waals surface area (Å²) < 4.78 is 5.39. The molecule has 3 rings (SSSR count). The highest BCUT2D eigenvalue weighted by atomic mass is 16.5. The predicted octanol–water partition coefficient (Wildman–Crippen LogP) is 2.59. The second-order valence-electron chi connectivity index (χ2n) is 6.64. The summed E-state index contributed by atoms with van der Waals surface area (Å²) in [6.45, 7) is 2.78. The van der Waals surface area contributed by atoms with E-state index in [9.17, 15) is 0 Å². The minimum Gasteiger partial charge on any atom is -0.395 e. The van der Waals surface area contributed by atoms with E-state index in [1.807, 2.05) is 37.2 Å². The van der Waals surface area contributed by atoms with Crippen LogP contribution >= 0.6 is 0 Å². The normalized spacial score (nSPS) is 20.4. The van der Waals surface area contributed by atoms with Crippen LogP contribution in [0.1, 0.15) is 50.2 Å². The Morgan fingerprint density at radius 2 is 2.08 bits per heavy atom. The van der Waals surface area contributed by atoms with Gasteiger partial charge in [0.05, 0.1) is 18.5 Å². The van der Waals surface area contributed by atoms with Crippen LogP contribution in [0.4, 0.5) is 11.5 Å². The zero-order valence-corrected chi connectivity index (χ0v) is 15.0. The van der Waals surface area contributed by atoms with Gasteiger partial charge >= 0.3 is 0 Å². The molecule has 0 radical (unpaired) electrons. The van der Waals surface area contributed by atoms with Gasteiger partial charge in [0, 0.05) is 32.0 Å². The fraction of sp³-hybridized carbons (Fsp3) is 0.611. The number of aryl methyl sites for hydroxylation is 1. The zero-order valence-electron chi connectivity index (χ0n) is 15.0. The number of hydrogen-bond donors (Lipinski definition) is 2. The third-order valence-electron chi connectivity index (χ3n) is 4.85. The van der Waals surface area contributed by atoms with Crippen molar-refractivity contribution in [1.29, 1.82) is 0 Å². The highest BCUT2D eigenvalue weighted by Crippen LogP contribution is 2.33. The Kier molecular flexibility index (Phi) is 5.86. The van der Waals surface area contributed by atoms with Crippen LogP contribution in [0.2, 0.25) is 0 Å². The average Bonchev–Trinajstić information content (AvgIpc) is 3.12. The molecule has 1 saturated carbocycles. The lowest BCUT2D eigenvalue weighted by Crippen LogP contribution is -2.26. The lowest BCUT2D eigenvalue weighted by atomic mass is 9.86. The van der Waals surface area contributed by atoms with Crippen LogP contribution < -0.4 is 10.2 Å². The summed E-state index contributed by atoms with van der Waals surface area (Å²) in [5.74, 6) is 2.87. The molecule has 0 unspecified atom stereocenters. The van der Waals surface area contributed by atoms with Gasteiger partial charge in [-0.2, -0.15) is 4.98 Å². The number of rotatable bonds is 7. The van der Waals surface area contributed by atoms with Gasteiger partial charge in [-0.3, -0.25) is 0 Å². The molecule has 25 heavy (non-hydrogen) atoms. The zero-order chi connectivity index (χ0) is 17.6. The molecule has 1 fully saturated rings. The van der Waals surface area contributed by atoms with Crippen LogP contribution in [0, 0.1) is 0 Å². The summed E-state index contributed by atoms with van der Waals surface area (Å²) in [5.41, 5.74) is 1.01. The first kappa shape index (κ1) is 17.7. The first-order chi connectivity index (χ1) is 12.2. The molecule has 0 saturated heterocycles. The van der Waals surface area contributed by atoms with E-state index in [1.54, 1.807) is 0 Å². The van der Waals surface area contributed by atoms with Crippen molar-refractivity contribution >= 4 is 11.5 Å². The second-order valence-corrected chi connectivity index (χ2v) is 6.64. The fourth-order valence-corrected chi connectivity index (χ4v) is 3.25. The summed E-state index contributed by atoms with van der Waals surface area (Å²) in [4.78, 5) is 10.9. The minimum absolute atomic E-state index is 0.138. The molecule has 0 aromatic carbocycles. The molecule has 7 heteroatoms. The van der Waals surface area contributed by atoms with Crippen molar-refractivity contribution in [1.82, 2.24) is 15.1 Å². The molecular weight excluding hydrogens is 318 g/mol. The monoisotopic (exact) mass is 345 g/mol. The lowest BCUT2D eigenvalue weighted by Gasteiger charge is -2.27. The molecule has 0 amide bonds. The van der Waals surface area contributed by atoms with Crippen molar-refractivity contribution < 1.29 is 9.63 Å². The van der Waals surface area contributed by atoms with Gasteiger partial charge in [0.15, 0.2) is 5.82 Å². The van der Waals surface area contributed by atoms with E-state index in [0.717, 1.165) is 55.3 Å². The predicted molar refractivity (Wildman–Crippen MR) is 96.9 cm³/mol. The molecular formula is C18H27N5O2. The van der Waals surface area contributed by atoms with Crippen molar-refractivity contribution in [3.8, 4) is 0 Å². The highest BCUT2D eigenvalue weighted by Gasteiger charge is 2.26. The Morgan fingerprint density at radius 3 is 2.68 bits per heavy atom. The summed E-state index contributed by atoms with van der Waals surface area (Å²) in [6.07, 6.45) is 6.91. The Bertz CT molecular complexity index is 650. The second kappa shape index (κ2) is 8.29. The van der Waals surface area contributed by atoms with Crippen LogP contribution in [0.5, 0.6) is 0 Å². The van der Waals surface area contributed by atoms with E-state index in [2.05, 4.69) is 20.4 Å². The lowest BCUT2D eigenvalue weighted by molar-refractivity contribution is 0.304. The molecule has 2 aromatic rings. The van der Waals surface area contributed by atoms with Crippen molar-refractivity contribution in [2.75, 3.05) is 30.4 Å². The van der Waals surface area contributed by atoms with Crippen molar-refractivity contribution in [3.05, 3.63) is 30.0 Å². The van der Waals surface area contributed by atoms with Gasteiger partial charge in [0.2, 0.25) is 5.89 Å². The maximum absolute atomic E-state index is 9.00. The molecule has 0 atom stereocenters. The van der Waals surface area contributed by atoms with Gasteiger partial charge in [0.25, 0.3) is 0 Å². The number of nitrogens with one attached hydrogen (secondary N) is 1. The molecule has 2 heterocycles. The Morgan fingerprint density at radius 1 is 1.28 bits per heavy atom. The Hall–Kier alpha value is -2.15. The Labute approximate surface area is 148 Å². The fourth-order valence-electron chi connectivity index (χ4n) is 3.25. The van der Waals surface area contributed by atoms with Crippen LogP contribution in [0.3, 0.4) is 0 Å². The van der Waals surface area contributed by atoms with Crippen LogP contribution in [0.25, 0.3) is 0 Å². The number of aromatic nitrogens is 3. The highest BCUT2D eigenvalue weighted by molar-refractivity contribution is 5.49. The average molecular weight is 345 g/mol. The maximum Gasteiger partial charge on any atom is 0.229 e. The summed E-state index contributed by atoms with van der Waals surface area (Å²) >= 11 is 0. The molecule has 136 valence electrons. The topological polar surface area (TPSA) is 87.3 Å². The van der Waals surface area contributed by atoms with E-state index in [1.165, 1.54) is 0 Å². The van der Waals surface area contributed by atoms with E-state index in [4.69, 9.17) is 9.63 Å². The molecule has 2 N–H and O–H groups in total. The summed E-state index contributed by atoms with van der Waals surface area (Å²) in [7, 11) is 1.95. The number of aliphatic hydroxyl groups is 1. The molecule has 0 bridgehead atoms. The van der Waals surface area contributed by atoms with E-state index >= 15 is 0 Å². The first-order valence-electron chi connectivity index (χ1n) is 9.06. The Balaban J connectivity index is 1.50. The van der Waals surface area contributed by atoms with E-state index < -0.39 is 0 Å².